The van der Waals surface area contributed by atoms with Gasteiger partial charge in [-0.25, -0.2) is 10.7 Å². The minimum atomic E-state index is -0.370. The maximum absolute atomic E-state index is 11.1. The molecule has 0 radical (unpaired) electrons. The lowest BCUT2D eigenvalue weighted by Gasteiger charge is -2.04. The highest BCUT2D eigenvalue weighted by Crippen LogP contribution is 2.19. The normalized spacial score (nSPS) is 9.93. The smallest absolute Gasteiger partial charge is 0.337 e. The van der Waals surface area contributed by atoms with E-state index in [1.54, 1.807) is 18.2 Å². The zero-order chi connectivity index (χ0) is 10.6. The Morgan fingerprint density at radius 3 is 2.79 bits per heavy atom. The van der Waals surface area contributed by atoms with E-state index < -0.39 is 0 Å². The zero-order valence-corrected chi connectivity index (χ0v) is 9.21. The fraction of sp³-hybridized carbons (Fsp3) is 0.222. The van der Waals surface area contributed by atoms with Gasteiger partial charge >= 0.3 is 5.97 Å². The summed E-state index contributed by atoms with van der Waals surface area (Å²) in [4.78, 5) is 15.6. The molecule has 0 unspecified atom stereocenters. The van der Waals surface area contributed by atoms with Gasteiger partial charge in [-0.1, -0.05) is 22.0 Å². The lowest BCUT2D eigenvalue weighted by molar-refractivity contribution is 0.0600. The van der Waals surface area contributed by atoms with E-state index in [2.05, 4.69) is 25.5 Å². The summed E-state index contributed by atoms with van der Waals surface area (Å²) in [6.45, 7) is 0.294. The highest BCUT2D eigenvalue weighted by Gasteiger charge is 2.07. The van der Waals surface area contributed by atoms with E-state index in [1.165, 1.54) is 7.11 Å². The van der Waals surface area contributed by atoms with E-state index in [0.29, 0.717) is 12.2 Å². The van der Waals surface area contributed by atoms with Crippen molar-refractivity contribution < 1.29 is 14.4 Å². The fourth-order valence-corrected chi connectivity index (χ4v) is 1.49. The Hall–Kier alpha value is -0.910. The Labute approximate surface area is 90.1 Å². The van der Waals surface area contributed by atoms with Crippen molar-refractivity contribution in [1.29, 1.82) is 0 Å². The lowest BCUT2D eigenvalue weighted by Crippen LogP contribution is -2.03. The Morgan fingerprint density at radius 2 is 2.29 bits per heavy atom. The highest BCUT2D eigenvalue weighted by molar-refractivity contribution is 9.10. The molecule has 1 aromatic rings. The van der Waals surface area contributed by atoms with E-state index in [0.717, 1.165) is 10.0 Å². The Bertz CT molecular complexity index is 341. The second-order valence-electron chi connectivity index (χ2n) is 2.61. The van der Waals surface area contributed by atoms with Crippen molar-refractivity contribution in [2.24, 2.45) is 5.90 Å². The molecule has 5 heteroatoms. The number of rotatable bonds is 3. The van der Waals surface area contributed by atoms with Crippen LogP contribution in [0.1, 0.15) is 15.9 Å². The molecule has 0 fully saturated rings. The molecular formula is C9H10BrNO3. The number of nitrogens with two attached hydrogens (primary N) is 1. The van der Waals surface area contributed by atoms with Gasteiger partial charge < -0.3 is 4.74 Å². The zero-order valence-electron chi connectivity index (χ0n) is 7.62. The summed E-state index contributed by atoms with van der Waals surface area (Å²) in [7, 11) is 1.34. The van der Waals surface area contributed by atoms with Gasteiger partial charge in [0.25, 0.3) is 0 Å². The number of hydrogen-bond acceptors (Lipinski definition) is 4. The molecule has 0 saturated heterocycles. The molecule has 0 amide bonds. The van der Waals surface area contributed by atoms with Gasteiger partial charge in [-0.3, -0.25) is 4.84 Å². The van der Waals surface area contributed by atoms with Crippen LogP contribution in [0.5, 0.6) is 0 Å². The lowest BCUT2D eigenvalue weighted by atomic mass is 10.1. The molecular weight excluding hydrogens is 250 g/mol. The first-order chi connectivity index (χ1) is 6.69. The second-order valence-corrected chi connectivity index (χ2v) is 3.46. The van der Waals surface area contributed by atoms with E-state index in [9.17, 15) is 4.79 Å². The van der Waals surface area contributed by atoms with E-state index in [4.69, 9.17) is 5.90 Å². The van der Waals surface area contributed by atoms with Crippen LogP contribution in [0.2, 0.25) is 0 Å². The third kappa shape index (κ3) is 2.54. The van der Waals surface area contributed by atoms with Crippen LogP contribution >= 0.6 is 15.9 Å². The predicted molar refractivity (Wildman–Crippen MR) is 54.5 cm³/mol. The molecule has 2 N–H and O–H groups in total. The predicted octanol–water partition coefficient (Wildman–Crippen LogP) is 1.63. The van der Waals surface area contributed by atoms with E-state index in [-0.39, 0.29) is 5.97 Å². The van der Waals surface area contributed by atoms with E-state index >= 15 is 0 Å². The van der Waals surface area contributed by atoms with Gasteiger partial charge in [0.05, 0.1) is 19.3 Å². The first-order valence-corrected chi connectivity index (χ1v) is 4.66. The van der Waals surface area contributed by atoms with Gasteiger partial charge in [0.15, 0.2) is 0 Å². The first-order valence-electron chi connectivity index (χ1n) is 3.87. The van der Waals surface area contributed by atoms with Gasteiger partial charge in [-0.15, -0.1) is 0 Å². The molecule has 0 aromatic heterocycles. The number of ether oxygens (including phenoxy) is 1. The van der Waals surface area contributed by atoms with Crippen molar-refractivity contribution >= 4 is 21.9 Å². The third-order valence-electron chi connectivity index (χ3n) is 1.71. The van der Waals surface area contributed by atoms with Gasteiger partial charge in [0.2, 0.25) is 0 Å². The van der Waals surface area contributed by atoms with Crippen LogP contribution in [0.25, 0.3) is 0 Å². The monoisotopic (exact) mass is 259 g/mol. The highest BCUT2D eigenvalue weighted by atomic mass is 79.9. The molecule has 1 rings (SSSR count). The van der Waals surface area contributed by atoms with Crippen LogP contribution in [0.15, 0.2) is 22.7 Å². The van der Waals surface area contributed by atoms with Crippen LogP contribution in [0.4, 0.5) is 0 Å². The topological polar surface area (TPSA) is 61.5 Å². The average molecular weight is 260 g/mol. The van der Waals surface area contributed by atoms with Crippen LogP contribution in [0.3, 0.4) is 0 Å². The van der Waals surface area contributed by atoms with Crippen LogP contribution in [-0.2, 0) is 16.2 Å². The molecule has 4 nitrogen and oxygen atoms in total. The summed E-state index contributed by atoms with van der Waals surface area (Å²) in [5.74, 6) is 4.57. The maximum Gasteiger partial charge on any atom is 0.337 e. The number of carbonyl (C=O) groups excluding carboxylic acids is 1. The van der Waals surface area contributed by atoms with Crippen LogP contribution in [-0.4, -0.2) is 13.1 Å². The standard InChI is InChI=1S/C9H10BrNO3/c1-13-9(12)6-2-3-7(5-14-11)8(10)4-6/h2-4H,5,11H2,1H3. The molecule has 0 spiro atoms. The largest absolute Gasteiger partial charge is 0.465 e. The fourth-order valence-electron chi connectivity index (χ4n) is 0.999. The summed E-state index contributed by atoms with van der Waals surface area (Å²) < 4.78 is 5.34. The van der Waals surface area contributed by atoms with E-state index in [1.807, 2.05) is 0 Å². The third-order valence-corrected chi connectivity index (χ3v) is 2.45. The molecule has 1 aromatic carbocycles. The summed E-state index contributed by atoms with van der Waals surface area (Å²) in [5, 5.41) is 0. The Kier molecular flexibility index (Phi) is 4.06. The Morgan fingerprint density at radius 1 is 1.57 bits per heavy atom. The number of carbonyl (C=O) groups is 1. The minimum Gasteiger partial charge on any atom is -0.465 e. The van der Waals surface area contributed by atoms with Crippen molar-refractivity contribution in [3.05, 3.63) is 33.8 Å². The Balaban J connectivity index is 2.94. The van der Waals surface area contributed by atoms with Gasteiger partial charge in [-0.2, -0.15) is 0 Å². The number of hydrogen-bond donors (Lipinski definition) is 1. The summed E-state index contributed by atoms with van der Waals surface area (Å²) in [6, 6.07) is 5.08. The molecule has 0 bridgehead atoms. The maximum atomic E-state index is 11.1. The first kappa shape index (κ1) is 11.2. The van der Waals surface area contributed by atoms with Gasteiger partial charge in [0.1, 0.15) is 0 Å². The molecule has 0 aliphatic heterocycles. The quantitative estimate of drug-likeness (QED) is 0.662. The molecule has 14 heavy (non-hydrogen) atoms. The van der Waals surface area contributed by atoms with Gasteiger partial charge in [0, 0.05) is 4.47 Å². The van der Waals surface area contributed by atoms with Crippen molar-refractivity contribution in [1.82, 2.24) is 0 Å². The van der Waals surface area contributed by atoms with Crippen LogP contribution < -0.4 is 5.90 Å². The van der Waals surface area contributed by atoms with Crippen LogP contribution in [0, 0.1) is 0 Å². The molecule has 76 valence electrons. The van der Waals surface area contributed by atoms with Crippen molar-refractivity contribution in [2.75, 3.05) is 7.11 Å². The van der Waals surface area contributed by atoms with Crippen molar-refractivity contribution in [3.63, 3.8) is 0 Å². The molecule has 0 aliphatic rings. The number of esters is 1. The van der Waals surface area contributed by atoms with Crippen molar-refractivity contribution in [3.8, 4) is 0 Å². The summed E-state index contributed by atoms with van der Waals surface area (Å²) in [6.07, 6.45) is 0. The number of halogens is 1. The van der Waals surface area contributed by atoms with Gasteiger partial charge in [-0.05, 0) is 17.7 Å². The second kappa shape index (κ2) is 5.09. The minimum absolute atomic E-state index is 0.294. The SMILES string of the molecule is COC(=O)c1ccc(CON)c(Br)c1. The summed E-state index contributed by atoms with van der Waals surface area (Å²) in [5.41, 5.74) is 1.36. The molecule has 0 saturated carbocycles. The average Bonchev–Trinajstić information content (AvgIpc) is 2.20. The molecule has 0 aliphatic carbocycles. The molecule has 0 heterocycles. The number of methoxy groups -OCH3 is 1. The summed E-state index contributed by atoms with van der Waals surface area (Å²) >= 11 is 3.30. The van der Waals surface area contributed by atoms with Crippen molar-refractivity contribution in [2.45, 2.75) is 6.61 Å². The molecule has 0 atom stereocenters. The number of benzene rings is 1.